The van der Waals surface area contributed by atoms with Crippen LogP contribution in [-0.2, 0) is 0 Å². The Kier molecular flexibility index (Phi) is 3.78. The van der Waals surface area contributed by atoms with Crippen LogP contribution in [0.2, 0.25) is 0 Å². The van der Waals surface area contributed by atoms with Gasteiger partial charge < -0.3 is 4.74 Å². The Morgan fingerprint density at radius 2 is 1.52 bits per heavy atom. The maximum atomic E-state index is 13.1. The summed E-state index contributed by atoms with van der Waals surface area (Å²) in [5.41, 5.74) is 2.25. The predicted octanol–water partition coefficient (Wildman–Crippen LogP) is 4.06. The van der Waals surface area contributed by atoms with Gasteiger partial charge >= 0.3 is 0 Å². The highest BCUT2D eigenvalue weighted by Crippen LogP contribution is 2.24. The van der Waals surface area contributed by atoms with E-state index < -0.39 is 0 Å². The number of ether oxygens (including phenoxy) is 1. The Morgan fingerprint density at radius 3 is 2.24 bits per heavy atom. The molecule has 0 amide bonds. The summed E-state index contributed by atoms with van der Waals surface area (Å²) in [5.74, 6) is 1.37. The van der Waals surface area contributed by atoms with Crippen molar-refractivity contribution in [1.29, 1.82) is 0 Å². The molecule has 0 saturated heterocycles. The molecule has 4 aromatic rings. The number of nitrogens with zero attached hydrogens (tertiary/aromatic N) is 2. The number of hydrogen-bond acceptors (Lipinski definition) is 3. The average molecular weight is 328 g/mol. The molecule has 4 heteroatoms. The highest BCUT2D eigenvalue weighted by molar-refractivity contribution is 5.80. The Labute approximate surface area is 145 Å². The quantitative estimate of drug-likeness (QED) is 0.569. The lowest BCUT2D eigenvalue weighted by atomic mass is 10.1. The van der Waals surface area contributed by atoms with E-state index in [-0.39, 0.29) is 5.56 Å². The molecule has 0 bridgehead atoms. The molecule has 1 aromatic heterocycles. The zero-order chi connectivity index (χ0) is 17.2. The van der Waals surface area contributed by atoms with Crippen molar-refractivity contribution in [3.05, 3.63) is 89.2 Å². The van der Waals surface area contributed by atoms with Crippen LogP contribution >= 0.6 is 0 Å². The molecule has 0 radical (unpaired) electrons. The third kappa shape index (κ3) is 2.68. The first kappa shape index (κ1) is 15.1. The van der Waals surface area contributed by atoms with Crippen LogP contribution in [0.3, 0.4) is 0 Å². The summed E-state index contributed by atoms with van der Waals surface area (Å²) in [6, 6.07) is 24.5. The molecule has 0 fully saturated rings. The highest BCUT2D eigenvalue weighted by Gasteiger charge is 2.14. The first-order valence-electron chi connectivity index (χ1n) is 7.99. The third-order valence-electron chi connectivity index (χ3n) is 4.14. The molecule has 0 N–H and O–H groups in total. The number of benzene rings is 3. The molecule has 4 nitrogen and oxygen atoms in total. The first-order valence-corrected chi connectivity index (χ1v) is 7.99. The standard InChI is InChI=1S/C21H16N2O2/c1-25-17-13-11-15(12-14-17)20-22-19-10-6-5-9-18(19)21(24)23(20)16-7-3-2-4-8-16/h2-14H,1H3. The van der Waals surface area contributed by atoms with Crippen molar-refractivity contribution in [2.75, 3.05) is 7.11 Å². The lowest BCUT2D eigenvalue weighted by molar-refractivity contribution is 0.415. The van der Waals surface area contributed by atoms with Crippen LogP contribution in [-0.4, -0.2) is 16.7 Å². The summed E-state index contributed by atoms with van der Waals surface area (Å²) >= 11 is 0. The highest BCUT2D eigenvalue weighted by atomic mass is 16.5. The molecule has 4 rings (SSSR count). The molecule has 0 spiro atoms. The van der Waals surface area contributed by atoms with Crippen LogP contribution in [0.25, 0.3) is 28.0 Å². The van der Waals surface area contributed by atoms with E-state index in [2.05, 4.69) is 0 Å². The fourth-order valence-electron chi connectivity index (χ4n) is 2.88. The van der Waals surface area contributed by atoms with Gasteiger partial charge in [0.15, 0.2) is 0 Å². The van der Waals surface area contributed by atoms with Gasteiger partial charge in [-0.2, -0.15) is 0 Å². The van der Waals surface area contributed by atoms with Crippen molar-refractivity contribution in [3.63, 3.8) is 0 Å². The summed E-state index contributed by atoms with van der Waals surface area (Å²) in [4.78, 5) is 17.9. The van der Waals surface area contributed by atoms with Crippen LogP contribution in [0, 0.1) is 0 Å². The lowest BCUT2D eigenvalue weighted by Crippen LogP contribution is -2.21. The van der Waals surface area contributed by atoms with Gasteiger partial charge in [-0.25, -0.2) is 4.98 Å². The van der Waals surface area contributed by atoms with E-state index in [0.717, 1.165) is 17.0 Å². The number of methoxy groups -OCH3 is 1. The number of para-hydroxylation sites is 2. The first-order chi connectivity index (χ1) is 12.3. The Morgan fingerprint density at radius 1 is 0.840 bits per heavy atom. The minimum atomic E-state index is -0.0809. The van der Waals surface area contributed by atoms with Crippen molar-refractivity contribution >= 4 is 10.9 Å². The molecule has 25 heavy (non-hydrogen) atoms. The predicted molar refractivity (Wildman–Crippen MR) is 99.3 cm³/mol. The molecule has 0 aliphatic rings. The Bertz CT molecular complexity index is 1080. The van der Waals surface area contributed by atoms with E-state index in [1.807, 2.05) is 78.9 Å². The number of rotatable bonds is 3. The zero-order valence-corrected chi connectivity index (χ0v) is 13.7. The molecule has 0 aliphatic heterocycles. The topological polar surface area (TPSA) is 44.1 Å². The van der Waals surface area contributed by atoms with E-state index in [1.54, 1.807) is 11.7 Å². The second-order valence-corrected chi connectivity index (χ2v) is 5.66. The second-order valence-electron chi connectivity index (χ2n) is 5.66. The maximum Gasteiger partial charge on any atom is 0.266 e. The van der Waals surface area contributed by atoms with Crippen LogP contribution in [0.1, 0.15) is 0 Å². The van der Waals surface area contributed by atoms with E-state index in [0.29, 0.717) is 16.7 Å². The summed E-state index contributed by atoms with van der Waals surface area (Å²) in [6.45, 7) is 0. The zero-order valence-electron chi connectivity index (χ0n) is 13.7. The van der Waals surface area contributed by atoms with Gasteiger partial charge in [-0.05, 0) is 48.5 Å². The van der Waals surface area contributed by atoms with E-state index >= 15 is 0 Å². The monoisotopic (exact) mass is 328 g/mol. The van der Waals surface area contributed by atoms with Gasteiger partial charge in [-0.1, -0.05) is 30.3 Å². The van der Waals surface area contributed by atoms with Gasteiger partial charge in [0.1, 0.15) is 11.6 Å². The Balaban J connectivity index is 2.06. The fourth-order valence-corrected chi connectivity index (χ4v) is 2.88. The SMILES string of the molecule is COc1ccc(-c2nc3ccccc3c(=O)n2-c2ccccc2)cc1. The molecule has 0 aliphatic carbocycles. The largest absolute Gasteiger partial charge is 0.497 e. The molecule has 0 saturated carbocycles. The van der Waals surface area contributed by atoms with E-state index in [9.17, 15) is 4.79 Å². The molecule has 3 aromatic carbocycles. The molecular formula is C21H16N2O2. The van der Waals surface area contributed by atoms with Gasteiger partial charge in [0, 0.05) is 5.56 Å². The average Bonchev–Trinajstić information content (AvgIpc) is 2.69. The number of aromatic nitrogens is 2. The van der Waals surface area contributed by atoms with Gasteiger partial charge in [0.05, 0.1) is 23.7 Å². The minimum absolute atomic E-state index is 0.0809. The summed E-state index contributed by atoms with van der Waals surface area (Å²) in [5, 5.41) is 0.601. The van der Waals surface area contributed by atoms with Crippen LogP contribution in [0.4, 0.5) is 0 Å². The fraction of sp³-hybridized carbons (Fsp3) is 0.0476. The summed E-state index contributed by atoms with van der Waals surface area (Å²) < 4.78 is 6.88. The molecule has 1 heterocycles. The van der Waals surface area contributed by atoms with Gasteiger partial charge in [-0.3, -0.25) is 9.36 Å². The maximum absolute atomic E-state index is 13.1. The van der Waals surface area contributed by atoms with Crippen molar-refractivity contribution in [2.24, 2.45) is 0 Å². The lowest BCUT2D eigenvalue weighted by Gasteiger charge is -2.14. The van der Waals surface area contributed by atoms with E-state index in [1.165, 1.54) is 0 Å². The summed E-state index contributed by atoms with van der Waals surface area (Å²) in [7, 11) is 1.63. The third-order valence-corrected chi connectivity index (χ3v) is 4.14. The van der Waals surface area contributed by atoms with Crippen LogP contribution in [0.15, 0.2) is 83.7 Å². The Hall–Kier alpha value is -3.40. The smallest absolute Gasteiger partial charge is 0.266 e. The molecule has 0 unspecified atom stereocenters. The number of hydrogen-bond donors (Lipinski definition) is 0. The van der Waals surface area contributed by atoms with Gasteiger partial charge in [0.25, 0.3) is 5.56 Å². The minimum Gasteiger partial charge on any atom is -0.497 e. The van der Waals surface area contributed by atoms with Gasteiger partial charge in [0.2, 0.25) is 0 Å². The van der Waals surface area contributed by atoms with Crippen molar-refractivity contribution in [2.45, 2.75) is 0 Å². The van der Waals surface area contributed by atoms with Crippen molar-refractivity contribution < 1.29 is 4.74 Å². The normalized spacial score (nSPS) is 10.8. The second kappa shape index (κ2) is 6.24. The van der Waals surface area contributed by atoms with Gasteiger partial charge in [-0.15, -0.1) is 0 Å². The van der Waals surface area contributed by atoms with Crippen molar-refractivity contribution in [3.8, 4) is 22.8 Å². The summed E-state index contributed by atoms with van der Waals surface area (Å²) in [6.07, 6.45) is 0. The van der Waals surface area contributed by atoms with Crippen LogP contribution in [0.5, 0.6) is 5.75 Å². The van der Waals surface area contributed by atoms with E-state index in [4.69, 9.17) is 9.72 Å². The number of fused-ring (bicyclic) bond motifs is 1. The molecule has 0 atom stereocenters. The molecule has 122 valence electrons. The molecular weight excluding hydrogens is 312 g/mol. The van der Waals surface area contributed by atoms with Crippen molar-refractivity contribution in [1.82, 2.24) is 9.55 Å². The van der Waals surface area contributed by atoms with Crippen LogP contribution < -0.4 is 10.3 Å².